The number of nitrogens with zero attached hydrogens (tertiary/aromatic N) is 2. The lowest BCUT2D eigenvalue weighted by molar-refractivity contribution is 0.0963. The van der Waals surface area contributed by atoms with Gasteiger partial charge in [0.1, 0.15) is 11.5 Å². The zero-order valence-electron chi connectivity index (χ0n) is 14.8. The van der Waals surface area contributed by atoms with E-state index in [0.717, 1.165) is 0 Å². The van der Waals surface area contributed by atoms with Crippen LogP contribution in [0.2, 0.25) is 0 Å². The van der Waals surface area contributed by atoms with Gasteiger partial charge in [-0.1, -0.05) is 0 Å². The molecule has 0 saturated carbocycles. The number of benzene rings is 2. The molecule has 8 nitrogen and oxygen atoms in total. The van der Waals surface area contributed by atoms with Gasteiger partial charge in [-0.15, -0.1) is 0 Å². The van der Waals surface area contributed by atoms with Crippen LogP contribution in [0.1, 0.15) is 10.4 Å². The Bertz CT molecular complexity index is 1030. The molecular weight excluding hydrogens is 365 g/mol. The van der Waals surface area contributed by atoms with E-state index in [0.29, 0.717) is 34.5 Å². The molecule has 3 aromatic rings. The number of hydrogen-bond donors (Lipinski definition) is 3. The van der Waals surface area contributed by atoms with Crippen LogP contribution in [0, 0.1) is 5.82 Å². The van der Waals surface area contributed by atoms with Crippen LogP contribution in [0.15, 0.2) is 48.7 Å². The number of aromatic nitrogens is 2. The summed E-state index contributed by atoms with van der Waals surface area (Å²) in [5.41, 5.74) is 1.39. The normalized spacial score (nSPS) is 11.8. The molecule has 1 aromatic heterocycles. The summed E-state index contributed by atoms with van der Waals surface area (Å²) in [5, 5.41) is 8.51. The van der Waals surface area contributed by atoms with Crippen molar-refractivity contribution < 1.29 is 18.7 Å². The van der Waals surface area contributed by atoms with Crippen LogP contribution in [-0.2, 0) is 0 Å². The van der Waals surface area contributed by atoms with Gasteiger partial charge in [-0.3, -0.25) is 4.79 Å². The van der Waals surface area contributed by atoms with E-state index >= 15 is 0 Å². The average molecular weight is 381 g/mol. The first-order chi connectivity index (χ1) is 13.6. The number of carbonyl (C=O) groups excluding carboxylic acids is 1. The Labute approximate surface area is 159 Å². The maximum absolute atomic E-state index is 14.2. The molecule has 0 saturated heterocycles. The number of rotatable bonds is 5. The molecule has 142 valence electrons. The number of nitrogens with one attached hydrogen (secondary N) is 3. The van der Waals surface area contributed by atoms with E-state index < -0.39 is 5.82 Å². The lowest BCUT2D eigenvalue weighted by Crippen LogP contribution is -2.17. The molecular formula is C19H16FN5O3. The summed E-state index contributed by atoms with van der Waals surface area (Å²) in [6, 6.07) is 11.3. The van der Waals surface area contributed by atoms with Gasteiger partial charge in [0, 0.05) is 24.5 Å². The molecule has 2 aromatic carbocycles. The highest BCUT2D eigenvalue weighted by Crippen LogP contribution is 2.41. The Morgan fingerprint density at radius 2 is 1.89 bits per heavy atom. The number of anilines is 4. The Morgan fingerprint density at radius 1 is 1.07 bits per heavy atom. The second-order valence-electron chi connectivity index (χ2n) is 5.83. The highest BCUT2D eigenvalue weighted by Gasteiger charge is 2.21. The molecule has 1 amide bonds. The van der Waals surface area contributed by atoms with Crippen LogP contribution >= 0.6 is 0 Å². The predicted octanol–water partition coefficient (Wildman–Crippen LogP) is 3.19. The highest BCUT2D eigenvalue weighted by atomic mass is 19.1. The lowest BCUT2D eigenvalue weighted by atomic mass is 10.2. The van der Waals surface area contributed by atoms with Gasteiger partial charge < -0.3 is 25.4 Å². The van der Waals surface area contributed by atoms with Gasteiger partial charge in [0.05, 0.1) is 0 Å². The van der Waals surface area contributed by atoms with Crippen molar-refractivity contribution in [3.05, 3.63) is 60.0 Å². The number of ether oxygens (including phenoxy) is 2. The number of halogens is 1. The first kappa shape index (κ1) is 17.5. The van der Waals surface area contributed by atoms with Crippen molar-refractivity contribution in [1.82, 2.24) is 15.3 Å². The van der Waals surface area contributed by atoms with Gasteiger partial charge in [-0.05, 0) is 42.5 Å². The van der Waals surface area contributed by atoms with Crippen LogP contribution in [0.5, 0.6) is 11.5 Å². The van der Waals surface area contributed by atoms with Crippen molar-refractivity contribution in [2.24, 2.45) is 0 Å². The fourth-order valence-electron chi connectivity index (χ4n) is 2.66. The quantitative estimate of drug-likeness (QED) is 0.624. The standard InChI is InChI=1S/C19H16FN5O3/c1-21-18(26)11-2-4-12(5-3-11)23-19-22-9-8-15(25-19)24-16-13(20)6-7-14-17(16)28-10-27-14/h2-9H,10H2,1H3,(H,21,26)(H2,22,23,24,25). The predicted molar refractivity (Wildman–Crippen MR) is 101 cm³/mol. The van der Waals surface area contributed by atoms with Gasteiger partial charge in [0.15, 0.2) is 17.3 Å². The van der Waals surface area contributed by atoms with Crippen LogP contribution in [0.4, 0.5) is 27.5 Å². The zero-order chi connectivity index (χ0) is 19.5. The second-order valence-corrected chi connectivity index (χ2v) is 5.83. The Balaban J connectivity index is 1.53. The maximum Gasteiger partial charge on any atom is 0.251 e. The molecule has 2 heterocycles. The van der Waals surface area contributed by atoms with E-state index in [1.165, 1.54) is 18.3 Å². The molecule has 0 aliphatic carbocycles. The molecule has 1 aliphatic heterocycles. The van der Waals surface area contributed by atoms with Crippen LogP contribution in [0.25, 0.3) is 0 Å². The summed E-state index contributed by atoms with van der Waals surface area (Å²) >= 11 is 0. The average Bonchev–Trinajstić information content (AvgIpc) is 3.19. The molecule has 28 heavy (non-hydrogen) atoms. The number of carbonyl (C=O) groups is 1. The third-order valence-electron chi connectivity index (χ3n) is 4.03. The summed E-state index contributed by atoms with van der Waals surface area (Å²) < 4.78 is 24.8. The largest absolute Gasteiger partial charge is 0.454 e. The Kier molecular flexibility index (Phi) is 4.63. The van der Waals surface area contributed by atoms with E-state index in [9.17, 15) is 9.18 Å². The number of hydrogen-bond acceptors (Lipinski definition) is 7. The first-order valence-corrected chi connectivity index (χ1v) is 8.41. The van der Waals surface area contributed by atoms with Crippen molar-refractivity contribution in [2.45, 2.75) is 0 Å². The van der Waals surface area contributed by atoms with Crippen molar-refractivity contribution >= 4 is 29.0 Å². The fraction of sp³-hybridized carbons (Fsp3) is 0.105. The first-order valence-electron chi connectivity index (χ1n) is 8.41. The Hall–Kier alpha value is -3.88. The molecule has 0 spiro atoms. The second kappa shape index (κ2) is 7.39. The molecule has 0 bridgehead atoms. The van der Waals surface area contributed by atoms with Gasteiger partial charge in [-0.2, -0.15) is 4.98 Å². The third-order valence-corrected chi connectivity index (χ3v) is 4.03. The van der Waals surface area contributed by atoms with Crippen molar-refractivity contribution in [2.75, 3.05) is 24.5 Å². The third kappa shape index (κ3) is 3.50. The molecule has 9 heteroatoms. The zero-order valence-corrected chi connectivity index (χ0v) is 14.8. The van der Waals surface area contributed by atoms with E-state index in [-0.39, 0.29) is 18.4 Å². The summed E-state index contributed by atoms with van der Waals surface area (Å²) in [6.07, 6.45) is 1.54. The summed E-state index contributed by atoms with van der Waals surface area (Å²) in [5.74, 6) is 0.801. The van der Waals surface area contributed by atoms with Crippen LogP contribution in [-0.4, -0.2) is 29.7 Å². The summed E-state index contributed by atoms with van der Waals surface area (Å²) in [4.78, 5) is 20.1. The molecule has 0 radical (unpaired) electrons. The molecule has 3 N–H and O–H groups in total. The maximum atomic E-state index is 14.2. The lowest BCUT2D eigenvalue weighted by Gasteiger charge is -2.11. The number of fused-ring (bicyclic) bond motifs is 1. The van der Waals surface area contributed by atoms with Crippen molar-refractivity contribution in [1.29, 1.82) is 0 Å². The van der Waals surface area contributed by atoms with Gasteiger partial charge in [0.2, 0.25) is 12.7 Å². The summed E-state index contributed by atoms with van der Waals surface area (Å²) in [6.45, 7) is 0.0378. The van der Waals surface area contributed by atoms with Crippen LogP contribution < -0.4 is 25.4 Å². The molecule has 4 rings (SSSR count). The smallest absolute Gasteiger partial charge is 0.251 e. The summed E-state index contributed by atoms with van der Waals surface area (Å²) in [7, 11) is 1.57. The van der Waals surface area contributed by atoms with Crippen molar-refractivity contribution in [3.8, 4) is 11.5 Å². The molecule has 0 atom stereocenters. The monoisotopic (exact) mass is 381 g/mol. The van der Waals surface area contributed by atoms with Gasteiger partial charge in [0.25, 0.3) is 5.91 Å². The van der Waals surface area contributed by atoms with E-state index in [2.05, 4.69) is 25.9 Å². The van der Waals surface area contributed by atoms with Gasteiger partial charge >= 0.3 is 0 Å². The fourth-order valence-corrected chi connectivity index (χ4v) is 2.66. The SMILES string of the molecule is CNC(=O)c1ccc(Nc2nccc(Nc3c(F)ccc4c3OCO4)n2)cc1. The number of amides is 1. The topological polar surface area (TPSA) is 97.4 Å². The molecule has 1 aliphatic rings. The molecule has 0 unspecified atom stereocenters. The minimum atomic E-state index is -0.484. The minimum Gasteiger partial charge on any atom is -0.454 e. The molecule has 0 fully saturated rings. The van der Waals surface area contributed by atoms with E-state index in [4.69, 9.17) is 9.47 Å². The Morgan fingerprint density at radius 3 is 2.68 bits per heavy atom. The van der Waals surface area contributed by atoms with E-state index in [1.54, 1.807) is 37.4 Å². The highest BCUT2D eigenvalue weighted by molar-refractivity contribution is 5.94. The van der Waals surface area contributed by atoms with Crippen molar-refractivity contribution in [3.63, 3.8) is 0 Å². The van der Waals surface area contributed by atoms with Crippen LogP contribution in [0.3, 0.4) is 0 Å². The van der Waals surface area contributed by atoms with E-state index in [1.807, 2.05) is 0 Å². The minimum absolute atomic E-state index is 0.0378. The van der Waals surface area contributed by atoms with Gasteiger partial charge in [-0.25, -0.2) is 9.37 Å².